The Balaban J connectivity index is 1.57. The van der Waals surface area contributed by atoms with Gasteiger partial charge in [-0.2, -0.15) is 5.26 Å². The minimum atomic E-state index is -1.17. The van der Waals surface area contributed by atoms with Crippen molar-refractivity contribution >= 4 is 5.97 Å². The first-order valence-corrected chi connectivity index (χ1v) is 12.8. The van der Waals surface area contributed by atoms with E-state index < -0.39 is 18.6 Å². The molecule has 4 rings (SSSR count). The fraction of sp³-hybridized carbons (Fsp3) is 0.188. The van der Waals surface area contributed by atoms with E-state index in [0.717, 1.165) is 5.56 Å². The number of nitriles is 1. The molecule has 0 fully saturated rings. The quantitative estimate of drug-likeness (QED) is 0.209. The molecular weight excluding hydrogens is 527 g/mol. The predicted octanol–water partition coefficient (Wildman–Crippen LogP) is 5.07. The zero-order valence-corrected chi connectivity index (χ0v) is 22.3. The molecule has 4 aromatic rings. The molecule has 3 N–H and O–H groups in total. The monoisotopic (exact) mass is 556 g/mol. The van der Waals surface area contributed by atoms with E-state index in [-0.39, 0.29) is 25.6 Å². The van der Waals surface area contributed by atoms with Gasteiger partial charge in [-0.1, -0.05) is 54.6 Å². The third-order valence-electron chi connectivity index (χ3n) is 6.37. The molecule has 0 saturated heterocycles. The van der Waals surface area contributed by atoms with Crippen molar-refractivity contribution in [1.29, 1.82) is 5.26 Å². The van der Waals surface area contributed by atoms with Crippen LogP contribution in [0.15, 0.2) is 84.9 Å². The van der Waals surface area contributed by atoms with Crippen LogP contribution in [0.1, 0.15) is 22.3 Å². The number of para-hydroxylation sites is 1. The Morgan fingerprint density at radius 1 is 0.951 bits per heavy atom. The van der Waals surface area contributed by atoms with Crippen LogP contribution in [0.3, 0.4) is 0 Å². The minimum Gasteiger partial charge on any atom is -0.496 e. The third-order valence-corrected chi connectivity index (χ3v) is 6.37. The molecule has 0 aliphatic carbocycles. The standard InChI is InChI=1S/C32H29FN2O6/c1-39-31-24(8-5-10-27(31)26-9-2-3-11-28(26)33)20-40-25-13-12-23(17-35-29(18-36)32(37)38)30(15-25)41-19-22-7-4-6-21(14-22)16-34/h2-15,29,35-36H,17-20H2,1H3,(H,37,38)/t29-/m0/s1. The molecule has 0 unspecified atom stereocenters. The lowest BCUT2D eigenvalue weighted by molar-refractivity contribution is -0.140. The summed E-state index contributed by atoms with van der Waals surface area (Å²) < 4.78 is 32.3. The van der Waals surface area contributed by atoms with Crippen LogP contribution in [0, 0.1) is 17.1 Å². The number of ether oxygens (including phenoxy) is 3. The summed E-state index contributed by atoms with van der Waals surface area (Å²) in [6, 6.07) is 25.0. The number of benzene rings is 4. The topological polar surface area (TPSA) is 121 Å². The molecule has 0 amide bonds. The number of halogens is 1. The molecule has 8 nitrogen and oxygen atoms in total. The van der Waals surface area contributed by atoms with Gasteiger partial charge >= 0.3 is 5.97 Å². The number of aliphatic carboxylic acids is 1. The average Bonchev–Trinajstić information content (AvgIpc) is 2.99. The van der Waals surface area contributed by atoms with Gasteiger partial charge in [0.25, 0.3) is 0 Å². The van der Waals surface area contributed by atoms with Crippen LogP contribution in [-0.4, -0.2) is 35.9 Å². The van der Waals surface area contributed by atoms with Gasteiger partial charge in [-0.05, 0) is 29.8 Å². The molecule has 0 heterocycles. The molecule has 0 spiro atoms. The van der Waals surface area contributed by atoms with Crippen LogP contribution in [0.4, 0.5) is 4.39 Å². The van der Waals surface area contributed by atoms with Crippen LogP contribution in [0.5, 0.6) is 17.2 Å². The van der Waals surface area contributed by atoms with Crippen molar-refractivity contribution in [1.82, 2.24) is 5.32 Å². The number of aliphatic hydroxyl groups is 1. The van der Waals surface area contributed by atoms with Gasteiger partial charge in [0.15, 0.2) is 0 Å². The second-order valence-electron chi connectivity index (χ2n) is 9.09. The molecule has 210 valence electrons. The number of rotatable bonds is 13. The van der Waals surface area contributed by atoms with Crippen molar-refractivity contribution < 1.29 is 33.6 Å². The smallest absolute Gasteiger partial charge is 0.323 e. The van der Waals surface area contributed by atoms with E-state index in [9.17, 15) is 24.7 Å². The van der Waals surface area contributed by atoms with Crippen LogP contribution in [0.25, 0.3) is 11.1 Å². The van der Waals surface area contributed by atoms with Gasteiger partial charge in [0.05, 0.1) is 25.3 Å². The lowest BCUT2D eigenvalue weighted by Crippen LogP contribution is -2.39. The number of hydrogen-bond acceptors (Lipinski definition) is 7. The first-order valence-electron chi connectivity index (χ1n) is 12.8. The number of carboxylic acids is 1. The van der Waals surface area contributed by atoms with Gasteiger partial charge in [-0.3, -0.25) is 10.1 Å². The fourth-order valence-corrected chi connectivity index (χ4v) is 4.25. The number of hydrogen-bond donors (Lipinski definition) is 3. The van der Waals surface area contributed by atoms with Crippen LogP contribution >= 0.6 is 0 Å². The summed E-state index contributed by atoms with van der Waals surface area (Å²) in [5.41, 5.74) is 3.66. The van der Waals surface area contributed by atoms with Crippen molar-refractivity contribution in [3.05, 3.63) is 113 Å². The van der Waals surface area contributed by atoms with Crippen LogP contribution < -0.4 is 19.5 Å². The lowest BCUT2D eigenvalue weighted by Gasteiger charge is -2.18. The van der Waals surface area contributed by atoms with Gasteiger partial charge in [0.1, 0.15) is 42.3 Å². The van der Waals surface area contributed by atoms with Crippen LogP contribution in [0.2, 0.25) is 0 Å². The van der Waals surface area contributed by atoms with Crippen LogP contribution in [-0.2, 0) is 24.6 Å². The summed E-state index contributed by atoms with van der Waals surface area (Å²) in [4.78, 5) is 11.3. The second kappa shape index (κ2) is 13.9. The van der Waals surface area contributed by atoms with E-state index in [1.54, 1.807) is 60.7 Å². The van der Waals surface area contributed by atoms with E-state index in [1.807, 2.05) is 18.2 Å². The minimum absolute atomic E-state index is 0.115. The molecule has 9 heteroatoms. The second-order valence-corrected chi connectivity index (χ2v) is 9.09. The predicted molar refractivity (Wildman–Crippen MR) is 150 cm³/mol. The van der Waals surface area contributed by atoms with Crippen molar-refractivity contribution in [3.8, 4) is 34.4 Å². The van der Waals surface area contributed by atoms with Gasteiger partial charge in [-0.25, -0.2) is 4.39 Å². The first kappa shape index (κ1) is 29.1. The van der Waals surface area contributed by atoms with Crippen molar-refractivity contribution in [2.24, 2.45) is 0 Å². The maximum absolute atomic E-state index is 14.5. The Bertz CT molecular complexity index is 1550. The van der Waals surface area contributed by atoms with E-state index in [1.165, 1.54) is 13.2 Å². The molecule has 4 aromatic carbocycles. The Morgan fingerprint density at radius 2 is 1.73 bits per heavy atom. The maximum Gasteiger partial charge on any atom is 0.323 e. The third kappa shape index (κ3) is 7.39. The van der Waals surface area contributed by atoms with Gasteiger partial charge in [-0.15, -0.1) is 0 Å². The molecule has 0 aliphatic heterocycles. The molecular formula is C32H29FN2O6. The molecule has 0 aromatic heterocycles. The Hall–Kier alpha value is -4.91. The summed E-state index contributed by atoms with van der Waals surface area (Å²) in [6.07, 6.45) is 0. The summed E-state index contributed by atoms with van der Waals surface area (Å²) in [6.45, 7) is -0.170. The number of nitrogens with one attached hydrogen (secondary N) is 1. The number of carbonyl (C=O) groups is 1. The van der Waals surface area contributed by atoms with Crippen molar-refractivity contribution in [2.75, 3.05) is 13.7 Å². The molecule has 0 saturated carbocycles. The summed E-state index contributed by atoms with van der Waals surface area (Å²) in [7, 11) is 1.52. The average molecular weight is 557 g/mol. The van der Waals surface area contributed by atoms with Gasteiger partial charge in [0.2, 0.25) is 0 Å². The summed E-state index contributed by atoms with van der Waals surface area (Å²) in [5, 5.41) is 30.6. The van der Waals surface area contributed by atoms with Gasteiger partial charge in [0, 0.05) is 34.9 Å². The Kier molecular flexibility index (Phi) is 9.89. The first-order chi connectivity index (χ1) is 19.9. The van der Waals surface area contributed by atoms with Crippen molar-refractivity contribution in [3.63, 3.8) is 0 Å². The highest BCUT2D eigenvalue weighted by atomic mass is 19.1. The normalized spacial score (nSPS) is 11.4. The Labute approximate surface area is 237 Å². The zero-order chi connectivity index (χ0) is 29.2. The van der Waals surface area contributed by atoms with E-state index in [4.69, 9.17) is 14.2 Å². The number of nitrogens with zero attached hydrogens (tertiary/aromatic N) is 1. The lowest BCUT2D eigenvalue weighted by atomic mass is 10.0. The van der Waals surface area contributed by atoms with E-state index in [2.05, 4.69) is 11.4 Å². The van der Waals surface area contributed by atoms with Gasteiger partial charge < -0.3 is 24.4 Å². The highest BCUT2D eigenvalue weighted by molar-refractivity contribution is 5.73. The molecule has 0 radical (unpaired) electrons. The molecule has 0 aliphatic rings. The fourth-order valence-electron chi connectivity index (χ4n) is 4.25. The SMILES string of the molecule is COc1c(COc2ccc(CN[C@@H](CO)C(=O)O)c(OCc3cccc(C#N)c3)c2)cccc1-c1ccccc1F. The highest BCUT2D eigenvalue weighted by Gasteiger charge is 2.18. The number of methoxy groups -OCH3 is 1. The number of carboxylic acid groups (broad SMARTS) is 1. The molecule has 1 atom stereocenters. The highest BCUT2D eigenvalue weighted by Crippen LogP contribution is 2.35. The maximum atomic E-state index is 14.5. The summed E-state index contributed by atoms with van der Waals surface area (Å²) in [5.74, 6) is -0.122. The summed E-state index contributed by atoms with van der Waals surface area (Å²) >= 11 is 0. The molecule has 0 bridgehead atoms. The van der Waals surface area contributed by atoms with E-state index in [0.29, 0.717) is 45.1 Å². The molecule has 41 heavy (non-hydrogen) atoms. The van der Waals surface area contributed by atoms with Crippen molar-refractivity contribution in [2.45, 2.75) is 25.8 Å². The number of aliphatic hydroxyl groups excluding tert-OH is 1. The van der Waals surface area contributed by atoms with E-state index >= 15 is 0 Å². The largest absolute Gasteiger partial charge is 0.496 e. The zero-order valence-electron chi connectivity index (χ0n) is 22.3. The Morgan fingerprint density at radius 3 is 2.46 bits per heavy atom.